The molecular weight excluding hydrogens is 328 g/mol. The standard InChI is InChI=1S/C22H32O4/c1-2-18-9-7-10-19(8-3-5-12-23-14-20-16-25-20)22(18)11-4-6-13-24-15-21-17-26-21/h2,7,9-10,20-21H,1,3-6,8,11-17H2. The van der Waals surface area contributed by atoms with Crippen LogP contribution in [0.3, 0.4) is 0 Å². The minimum atomic E-state index is 0.365. The maximum atomic E-state index is 5.64. The van der Waals surface area contributed by atoms with E-state index in [-0.39, 0.29) is 0 Å². The van der Waals surface area contributed by atoms with E-state index in [0.717, 1.165) is 78.2 Å². The van der Waals surface area contributed by atoms with Crippen molar-refractivity contribution in [3.63, 3.8) is 0 Å². The van der Waals surface area contributed by atoms with Gasteiger partial charge in [-0.25, -0.2) is 0 Å². The molecule has 26 heavy (non-hydrogen) atoms. The molecule has 0 aliphatic carbocycles. The number of unbranched alkanes of at least 4 members (excludes halogenated alkanes) is 2. The van der Waals surface area contributed by atoms with Crippen LogP contribution in [-0.2, 0) is 31.8 Å². The first kappa shape index (κ1) is 19.6. The Labute approximate surface area is 157 Å². The van der Waals surface area contributed by atoms with Gasteiger partial charge in [0.2, 0.25) is 0 Å². The molecule has 0 bridgehead atoms. The van der Waals surface area contributed by atoms with Gasteiger partial charge in [-0.1, -0.05) is 30.9 Å². The van der Waals surface area contributed by atoms with Crippen molar-refractivity contribution in [1.82, 2.24) is 0 Å². The zero-order valence-corrected chi connectivity index (χ0v) is 15.8. The summed E-state index contributed by atoms with van der Waals surface area (Å²) in [4.78, 5) is 0. The van der Waals surface area contributed by atoms with Crippen LogP contribution in [-0.4, -0.2) is 51.8 Å². The van der Waals surface area contributed by atoms with Crippen molar-refractivity contribution in [2.75, 3.05) is 39.6 Å². The topological polar surface area (TPSA) is 43.5 Å². The Hall–Kier alpha value is -1.20. The van der Waals surface area contributed by atoms with Crippen LogP contribution in [0.15, 0.2) is 24.8 Å². The molecule has 2 atom stereocenters. The molecule has 2 saturated heterocycles. The van der Waals surface area contributed by atoms with Gasteiger partial charge in [0, 0.05) is 13.2 Å². The average Bonchev–Trinajstić information content (AvgIpc) is 3.56. The van der Waals surface area contributed by atoms with Gasteiger partial charge >= 0.3 is 0 Å². The van der Waals surface area contributed by atoms with Gasteiger partial charge in [-0.2, -0.15) is 0 Å². The van der Waals surface area contributed by atoms with Crippen molar-refractivity contribution in [2.24, 2.45) is 0 Å². The van der Waals surface area contributed by atoms with Crippen molar-refractivity contribution in [3.05, 3.63) is 41.5 Å². The highest BCUT2D eigenvalue weighted by atomic mass is 16.6. The fourth-order valence-electron chi connectivity index (χ4n) is 3.17. The zero-order valence-electron chi connectivity index (χ0n) is 15.8. The summed E-state index contributed by atoms with van der Waals surface area (Å²) in [6.07, 6.45) is 9.41. The molecule has 2 aliphatic heterocycles. The van der Waals surface area contributed by atoms with E-state index in [9.17, 15) is 0 Å². The third-order valence-corrected chi connectivity index (χ3v) is 4.89. The molecule has 1 aromatic carbocycles. The van der Waals surface area contributed by atoms with Gasteiger partial charge in [-0.3, -0.25) is 0 Å². The Morgan fingerprint density at radius 1 is 0.923 bits per heavy atom. The molecule has 0 aromatic heterocycles. The summed E-state index contributed by atoms with van der Waals surface area (Å²) in [5.41, 5.74) is 4.19. The minimum absolute atomic E-state index is 0.365. The van der Waals surface area contributed by atoms with Crippen LogP contribution in [0.25, 0.3) is 6.08 Å². The van der Waals surface area contributed by atoms with Gasteiger partial charge in [-0.15, -0.1) is 0 Å². The molecule has 144 valence electrons. The minimum Gasteiger partial charge on any atom is -0.379 e. The first-order valence-electron chi connectivity index (χ1n) is 9.98. The lowest BCUT2D eigenvalue weighted by Gasteiger charge is -2.13. The predicted octanol–water partition coefficient (Wildman–Crippen LogP) is 3.81. The monoisotopic (exact) mass is 360 g/mol. The Balaban J connectivity index is 1.36. The lowest BCUT2D eigenvalue weighted by atomic mass is 9.93. The molecule has 0 amide bonds. The van der Waals surface area contributed by atoms with E-state index in [4.69, 9.17) is 18.9 Å². The summed E-state index contributed by atoms with van der Waals surface area (Å²) < 4.78 is 21.6. The van der Waals surface area contributed by atoms with Gasteiger partial charge in [-0.05, 0) is 55.2 Å². The Kier molecular flexibility index (Phi) is 8.15. The van der Waals surface area contributed by atoms with Crippen LogP contribution >= 0.6 is 0 Å². The molecule has 4 heteroatoms. The first-order valence-corrected chi connectivity index (χ1v) is 9.98. The van der Waals surface area contributed by atoms with Crippen molar-refractivity contribution < 1.29 is 18.9 Å². The maximum absolute atomic E-state index is 5.64. The number of epoxide rings is 2. The lowest BCUT2D eigenvalue weighted by Crippen LogP contribution is -2.05. The largest absolute Gasteiger partial charge is 0.379 e. The Morgan fingerprint density at radius 2 is 1.54 bits per heavy atom. The van der Waals surface area contributed by atoms with Crippen LogP contribution in [0.5, 0.6) is 0 Å². The summed E-state index contributed by atoms with van der Waals surface area (Å²) in [6.45, 7) is 8.90. The van der Waals surface area contributed by atoms with Gasteiger partial charge < -0.3 is 18.9 Å². The van der Waals surface area contributed by atoms with Crippen LogP contribution in [0.4, 0.5) is 0 Å². The van der Waals surface area contributed by atoms with E-state index in [0.29, 0.717) is 12.2 Å². The summed E-state index contributed by atoms with van der Waals surface area (Å²) in [5, 5.41) is 0. The van der Waals surface area contributed by atoms with Crippen molar-refractivity contribution in [2.45, 2.75) is 50.7 Å². The molecule has 2 unspecified atom stereocenters. The van der Waals surface area contributed by atoms with Gasteiger partial charge in [0.15, 0.2) is 0 Å². The second-order valence-electron chi connectivity index (χ2n) is 7.16. The van der Waals surface area contributed by atoms with E-state index < -0.39 is 0 Å². The van der Waals surface area contributed by atoms with Crippen LogP contribution < -0.4 is 0 Å². The fraction of sp³-hybridized carbons (Fsp3) is 0.636. The van der Waals surface area contributed by atoms with E-state index in [1.54, 1.807) is 0 Å². The van der Waals surface area contributed by atoms with Crippen LogP contribution in [0.2, 0.25) is 0 Å². The third-order valence-electron chi connectivity index (χ3n) is 4.89. The number of hydrogen-bond donors (Lipinski definition) is 0. The summed E-state index contributed by atoms with van der Waals surface area (Å²) >= 11 is 0. The molecule has 3 rings (SSSR count). The molecule has 1 aromatic rings. The maximum Gasteiger partial charge on any atom is 0.104 e. The Morgan fingerprint density at radius 3 is 2.12 bits per heavy atom. The highest BCUT2D eigenvalue weighted by molar-refractivity contribution is 5.54. The smallest absolute Gasteiger partial charge is 0.104 e. The normalized spacial score (nSPS) is 20.9. The third kappa shape index (κ3) is 7.20. The molecule has 2 aliphatic rings. The van der Waals surface area contributed by atoms with E-state index in [1.165, 1.54) is 16.7 Å². The van der Waals surface area contributed by atoms with E-state index >= 15 is 0 Å². The SMILES string of the molecule is C=Cc1cccc(CCCCOCC2CO2)c1CCCCOCC1CO1. The van der Waals surface area contributed by atoms with E-state index in [2.05, 4.69) is 24.8 Å². The zero-order chi connectivity index (χ0) is 18.0. The Bertz CT molecular complexity index is 549. The quantitative estimate of drug-likeness (QED) is 0.352. The van der Waals surface area contributed by atoms with Crippen LogP contribution in [0.1, 0.15) is 42.4 Å². The highest BCUT2D eigenvalue weighted by Gasteiger charge is 2.22. The van der Waals surface area contributed by atoms with Crippen molar-refractivity contribution in [3.8, 4) is 0 Å². The number of rotatable bonds is 15. The first-order chi connectivity index (χ1) is 12.9. The number of hydrogen-bond acceptors (Lipinski definition) is 4. The van der Waals surface area contributed by atoms with E-state index in [1.807, 2.05) is 6.08 Å². The highest BCUT2D eigenvalue weighted by Crippen LogP contribution is 2.21. The molecule has 4 nitrogen and oxygen atoms in total. The molecule has 2 heterocycles. The molecule has 0 radical (unpaired) electrons. The molecule has 0 saturated carbocycles. The second-order valence-corrected chi connectivity index (χ2v) is 7.16. The van der Waals surface area contributed by atoms with Gasteiger partial charge in [0.25, 0.3) is 0 Å². The second kappa shape index (κ2) is 10.8. The number of benzene rings is 1. The molecular formula is C22H32O4. The van der Waals surface area contributed by atoms with Gasteiger partial charge in [0.05, 0.1) is 26.4 Å². The fourth-order valence-corrected chi connectivity index (χ4v) is 3.17. The van der Waals surface area contributed by atoms with Crippen molar-refractivity contribution in [1.29, 1.82) is 0 Å². The predicted molar refractivity (Wildman–Crippen MR) is 104 cm³/mol. The molecule has 2 fully saturated rings. The van der Waals surface area contributed by atoms with Gasteiger partial charge in [0.1, 0.15) is 12.2 Å². The number of ether oxygens (including phenoxy) is 4. The average molecular weight is 360 g/mol. The van der Waals surface area contributed by atoms with Crippen LogP contribution in [0, 0.1) is 0 Å². The lowest BCUT2D eigenvalue weighted by molar-refractivity contribution is 0.113. The van der Waals surface area contributed by atoms with Crippen molar-refractivity contribution >= 4 is 6.08 Å². The summed E-state index contributed by atoms with van der Waals surface area (Å²) in [7, 11) is 0. The summed E-state index contributed by atoms with van der Waals surface area (Å²) in [6, 6.07) is 6.59. The summed E-state index contributed by atoms with van der Waals surface area (Å²) in [5.74, 6) is 0. The molecule has 0 N–H and O–H groups in total. The number of aryl methyl sites for hydroxylation is 1. The molecule has 0 spiro atoms.